The second kappa shape index (κ2) is 6.58. The topological polar surface area (TPSA) is 81.4 Å². The zero-order valence-electron chi connectivity index (χ0n) is 12.7. The third kappa shape index (κ3) is 4.28. The van der Waals surface area contributed by atoms with Gasteiger partial charge in [-0.05, 0) is 38.5 Å². The molecule has 3 N–H and O–H groups in total. The van der Waals surface area contributed by atoms with Crippen molar-refractivity contribution in [3.63, 3.8) is 0 Å². The molecule has 5 nitrogen and oxygen atoms in total. The summed E-state index contributed by atoms with van der Waals surface area (Å²) in [7, 11) is 1.32. The Morgan fingerprint density at radius 3 is 2.24 bits per heavy atom. The van der Waals surface area contributed by atoms with E-state index in [1.807, 2.05) is 12.1 Å². The Morgan fingerprint density at radius 2 is 1.76 bits per heavy atom. The van der Waals surface area contributed by atoms with Crippen molar-refractivity contribution in [2.75, 3.05) is 13.7 Å². The molecule has 1 atom stereocenters. The molecule has 116 valence electrons. The SMILES string of the molecule is COC(=O)C(C)(C)CNC(=O)C(C)(N)c1ccc(Br)cc1. The summed E-state index contributed by atoms with van der Waals surface area (Å²) in [5.41, 5.74) is 4.84. The number of rotatable bonds is 5. The van der Waals surface area contributed by atoms with Crippen LogP contribution in [0.1, 0.15) is 26.3 Å². The lowest BCUT2D eigenvalue weighted by molar-refractivity contribution is -0.150. The maximum absolute atomic E-state index is 12.3. The van der Waals surface area contributed by atoms with Gasteiger partial charge in [-0.2, -0.15) is 0 Å². The number of halogens is 1. The first-order valence-corrected chi connectivity index (χ1v) is 7.32. The number of hydrogen-bond acceptors (Lipinski definition) is 4. The molecule has 0 heterocycles. The van der Waals surface area contributed by atoms with E-state index in [9.17, 15) is 9.59 Å². The van der Waals surface area contributed by atoms with Crippen LogP contribution in [-0.4, -0.2) is 25.5 Å². The number of nitrogens with two attached hydrogens (primary N) is 1. The van der Waals surface area contributed by atoms with Crippen molar-refractivity contribution in [3.8, 4) is 0 Å². The summed E-state index contributed by atoms with van der Waals surface area (Å²) in [4.78, 5) is 23.9. The second-order valence-electron chi connectivity index (χ2n) is 5.77. The van der Waals surface area contributed by atoms with Crippen molar-refractivity contribution in [1.82, 2.24) is 5.32 Å². The summed E-state index contributed by atoms with van der Waals surface area (Å²) < 4.78 is 5.62. The van der Waals surface area contributed by atoms with Crippen LogP contribution in [0.3, 0.4) is 0 Å². The lowest BCUT2D eigenvalue weighted by atomic mass is 9.90. The lowest BCUT2D eigenvalue weighted by Crippen LogP contribution is -2.51. The molecule has 0 bridgehead atoms. The molecule has 0 aliphatic carbocycles. The number of amides is 1. The average molecular weight is 357 g/mol. The smallest absolute Gasteiger partial charge is 0.313 e. The number of carbonyl (C=O) groups excluding carboxylic acids is 2. The van der Waals surface area contributed by atoms with Crippen LogP contribution in [0.15, 0.2) is 28.7 Å². The van der Waals surface area contributed by atoms with Gasteiger partial charge in [-0.15, -0.1) is 0 Å². The fourth-order valence-corrected chi connectivity index (χ4v) is 2.02. The van der Waals surface area contributed by atoms with Crippen LogP contribution in [0.25, 0.3) is 0 Å². The van der Waals surface area contributed by atoms with Gasteiger partial charge in [-0.1, -0.05) is 28.1 Å². The van der Waals surface area contributed by atoms with Gasteiger partial charge in [-0.25, -0.2) is 0 Å². The molecule has 0 saturated heterocycles. The highest BCUT2D eigenvalue weighted by Crippen LogP contribution is 2.22. The maximum Gasteiger partial charge on any atom is 0.313 e. The molecule has 0 aliphatic heterocycles. The molecule has 0 saturated carbocycles. The molecular formula is C15H21BrN2O3. The van der Waals surface area contributed by atoms with E-state index in [0.717, 1.165) is 4.47 Å². The van der Waals surface area contributed by atoms with Crippen molar-refractivity contribution in [3.05, 3.63) is 34.3 Å². The van der Waals surface area contributed by atoms with Gasteiger partial charge in [-0.3, -0.25) is 9.59 Å². The molecule has 1 aromatic rings. The number of methoxy groups -OCH3 is 1. The number of benzene rings is 1. The van der Waals surface area contributed by atoms with Gasteiger partial charge < -0.3 is 15.8 Å². The number of esters is 1. The molecule has 0 aliphatic rings. The van der Waals surface area contributed by atoms with Crippen molar-refractivity contribution in [2.24, 2.45) is 11.1 Å². The lowest BCUT2D eigenvalue weighted by Gasteiger charge is -2.27. The van der Waals surface area contributed by atoms with Crippen LogP contribution in [0, 0.1) is 5.41 Å². The molecule has 0 radical (unpaired) electrons. The van der Waals surface area contributed by atoms with Crippen molar-refractivity contribution < 1.29 is 14.3 Å². The van der Waals surface area contributed by atoms with Crippen LogP contribution in [0.4, 0.5) is 0 Å². The van der Waals surface area contributed by atoms with Gasteiger partial charge >= 0.3 is 5.97 Å². The first-order valence-electron chi connectivity index (χ1n) is 6.53. The fraction of sp³-hybridized carbons (Fsp3) is 0.467. The predicted octanol–water partition coefficient (Wildman–Crippen LogP) is 1.94. The summed E-state index contributed by atoms with van der Waals surface area (Å²) in [6.45, 7) is 5.19. The monoisotopic (exact) mass is 356 g/mol. The highest BCUT2D eigenvalue weighted by Gasteiger charge is 2.34. The minimum Gasteiger partial charge on any atom is -0.469 e. The molecule has 6 heteroatoms. The number of nitrogens with one attached hydrogen (secondary N) is 1. The number of ether oxygens (including phenoxy) is 1. The van der Waals surface area contributed by atoms with Gasteiger partial charge in [0.05, 0.1) is 12.5 Å². The summed E-state index contributed by atoms with van der Waals surface area (Å²) in [6.07, 6.45) is 0. The van der Waals surface area contributed by atoms with Crippen LogP contribution >= 0.6 is 15.9 Å². The van der Waals surface area contributed by atoms with Gasteiger partial charge in [0.2, 0.25) is 5.91 Å². The molecule has 1 rings (SSSR count). The second-order valence-corrected chi connectivity index (χ2v) is 6.68. The third-order valence-electron chi connectivity index (χ3n) is 3.34. The molecule has 0 fully saturated rings. The Hall–Kier alpha value is -1.40. The quantitative estimate of drug-likeness (QED) is 0.789. The Labute approximate surface area is 133 Å². The highest BCUT2D eigenvalue weighted by molar-refractivity contribution is 9.10. The van der Waals surface area contributed by atoms with Crippen molar-refractivity contribution >= 4 is 27.8 Å². The molecule has 1 amide bonds. The summed E-state index contributed by atoms with van der Waals surface area (Å²) in [6, 6.07) is 7.22. The highest BCUT2D eigenvalue weighted by atomic mass is 79.9. The molecule has 0 aromatic heterocycles. The largest absolute Gasteiger partial charge is 0.469 e. The zero-order chi connectivity index (χ0) is 16.3. The van der Waals surface area contributed by atoms with Crippen LogP contribution in [0.5, 0.6) is 0 Å². The predicted molar refractivity (Wildman–Crippen MR) is 84.5 cm³/mol. The third-order valence-corrected chi connectivity index (χ3v) is 3.87. The first-order chi connectivity index (χ1) is 9.61. The summed E-state index contributed by atoms with van der Waals surface area (Å²) >= 11 is 3.34. The average Bonchev–Trinajstić information content (AvgIpc) is 2.44. The summed E-state index contributed by atoms with van der Waals surface area (Å²) in [5.74, 6) is -0.730. The van der Waals surface area contributed by atoms with Gasteiger partial charge in [0.1, 0.15) is 5.54 Å². The fourth-order valence-electron chi connectivity index (χ4n) is 1.76. The Kier molecular flexibility index (Phi) is 5.53. The van der Waals surface area contributed by atoms with Gasteiger partial charge in [0, 0.05) is 11.0 Å². The van der Waals surface area contributed by atoms with E-state index in [4.69, 9.17) is 10.5 Å². The van der Waals surface area contributed by atoms with E-state index in [2.05, 4.69) is 21.2 Å². The van der Waals surface area contributed by atoms with E-state index in [0.29, 0.717) is 5.56 Å². The van der Waals surface area contributed by atoms with Gasteiger partial charge in [0.15, 0.2) is 0 Å². The first kappa shape index (κ1) is 17.7. The molecular weight excluding hydrogens is 336 g/mol. The molecule has 1 unspecified atom stereocenters. The summed E-state index contributed by atoms with van der Waals surface area (Å²) in [5, 5.41) is 2.72. The van der Waals surface area contributed by atoms with Gasteiger partial charge in [0.25, 0.3) is 0 Å². The van der Waals surface area contributed by atoms with Crippen molar-refractivity contribution in [2.45, 2.75) is 26.3 Å². The van der Waals surface area contributed by atoms with Crippen molar-refractivity contribution in [1.29, 1.82) is 0 Å². The normalized spacial score (nSPS) is 14.2. The number of hydrogen-bond donors (Lipinski definition) is 2. The molecule has 1 aromatic carbocycles. The van der Waals surface area contributed by atoms with E-state index in [-0.39, 0.29) is 18.4 Å². The maximum atomic E-state index is 12.3. The van der Waals surface area contributed by atoms with E-state index >= 15 is 0 Å². The Morgan fingerprint density at radius 1 is 1.24 bits per heavy atom. The van der Waals surface area contributed by atoms with Crippen LogP contribution < -0.4 is 11.1 Å². The number of carbonyl (C=O) groups is 2. The Balaban J connectivity index is 2.78. The standard InChI is InChI=1S/C15H21BrN2O3/c1-14(2,13(20)21-4)9-18-12(19)15(3,17)10-5-7-11(16)8-6-10/h5-8H,9,17H2,1-4H3,(H,18,19). The minimum atomic E-state index is -1.17. The minimum absolute atomic E-state index is 0.155. The van der Waals surface area contributed by atoms with E-state index in [1.165, 1.54) is 7.11 Å². The van der Waals surface area contributed by atoms with E-state index < -0.39 is 11.0 Å². The zero-order valence-corrected chi connectivity index (χ0v) is 14.3. The van der Waals surface area contributed by atoms with Crippen LogP contribution in [-0.2, 0) is 19.9 Å². The molecule has 21 heavy (non-hydrogen) atoms. The van der Waals surface area contributed by atoms with Crippen LogP contribution in [0.2, 0.25) is 0 Å². The molecule has 0 spiro atoms. The Bertz CT molecular complexity index is 524. The van der Waals surface area contributed by atoms with E-state index in [1.54, 1.807) is 32.9 Å².